The molecule has 0 fully saturated rings. The van der Waals surface area contributed by atoms with Crippen LogP contribution in [0.15, 0.2) is 48.5 Å². The predicted molar refractivity (Wildman–Crippen MR) is 97.9 cm³/mol. The van der Waals surface area contributed by atoms with Crippen molar-refractivity contribution in [1.82, 2.24) is 5.32 Å². The molecule has 1 heterocycles. The van der Waals surface area contributed by atoms with E-state index in [0.29, 0.717) is 6.54 Å². The van der Waals surface area contributed by atoms with Gasteiger partial charge in [-0.2, -0.15) is 0 Å². The molecule has 0 saturated carbocycles. The molecule has 0 spiro atoms. The lowest BCUT2D eigenvalue weighted by Crippen LogP contribution is -2.37. The van der Waals surface area contributed by atoms with E-state index in [-0.39, 0.29) is 24.7 Å². The van der Waals surface area contributed by atoms with Gasteiger partial charge in [0, 0.05) is 19.2 Å². The number of methoxy groups -OCH3 is 1. The molecule has 2 aromatic rings. The molecule has 25 heavy (non-hydrogen) atoms. The third-order valence-corrected chi connectivity index (χ3v) is 4.40. The maximum absolute atomic E-state index is 12.1. The zero-order chi connectivity index (χ0) is 17.6. The van der Waals surface area contributed by atoms with Crippen molar-refractivity contribution in [2.24, 2.45) is 0 Å². The summed E-state index contributed by atoms with van der Waals surface area (Å²) in [6, 6.07) is 15.9. The average Bonchev–Trinajstić information content (AvgIpc) is 3.07. The van der Waals surface area contributed by atoms with Gasteiger partial charge in [-0.15, -0.1) is 0 Å². The molecule has 0 bridgehead atoms. The van der Waals surface area contributed by atoms with Crippen LogP contribution in [0.3, 0.4) is 0 Å². The van der Waals surface area contributed by atoms with E-state index in [9.17, 15) is 4.79 Å². The van der Waals surface area contributed by atoms with E-state index in [1.54, 1.807) is 7.11 Å². The Labute approximate surface area is 148 Å². The first-order valence-corrected chi connectivity index (χ1v) is 8.53. The Morgan fingerprint density at radius 3 is 2.92 bits per heavy atom. The van der Waals surface area contributed by atoms with Crippen LogP contribution in [0, 0.1) is 0 Å². The van der Waals surface area contributed by atoms with E-state index in [1.807, 2.05) is 49.4 Å². The number of nitrogens with one attached hydrogen (secondary N) is 2. The van der Waals surface area contributed by atoms with Crippen LogP contribution in [0.25, 0.3) is 0 Å². The molecule has 2 atom stereocenters. The summed E-state index contributed by atoms with van der Waals surface area (Å²) in [6.45, 7) is 2.73. The first-order valence-electron chi connectivity index (χ1n) is 8.53. The van der Waals surface area contributed by atoms with Crippen molar-refractivity contribution < 1.29 is 14.3 Å². The van der Waals surface area contributed by atoms with Gasteiger partial charge in [-0.3, -0.25) is 4.79 Å². The maximum atomic E-state index is 12.1. The van der Waals surface area contributed by atoms with Gasteiger partial charge in [0.1, 0.15) is 11.9 Å². The third-order valence-electron chi connectivity index (χ3n) is 4.40. The fraction of sp³-hybridized carbons (Fsp3) is 0.350. The molecule has 1 aliphatic heterocycles. The number of para-hydroxylation sites is 1. The van der Waals surface area contributed by atoms with Crippen molar-refractivity contribution in [3.8, 4) is 5.75 Å². The smallest absolute Gasteiger partial charge is 0.239 e. The third kappa shape index (κ3) is 4.51. The Morgan fingerprint density at radius 2 is 2.12 bits per heavy atom. The van der Waals surface area contributed by atoms with Crippen molar-refractivity contribution in [2.45, 2.75) is 25.6 Å². The minimum Gasteiger partial charge on any atom is -0.488 e. The largest absolute Gasteiger partial charge is 0.488 e. The van der Waals surface area contributed by atoms with E-state index in [2.05, 4.69) is 16.7 Å². The maximum Gasteiger partial charge on any atom is 0.239 e. The van der Waals surface area contributed by atoms with Crippen molar-refractivity contribution >= 4 is 11.6 Å². The lowest BCUT2D eigenvalue weighted by molar-refractivity contribution is -0.119. The highest BCUT2D eigenvalue weighted by Crippen LogP contribution is 2.27. The second kappa shape index (κ2) is 8.03. The minimum absolute atomic E-state index is 0.00669. The Balaban J connectivity index is 1.43. The van der Waals surface area contributed by atoms with Crippen LogP contribution in [0.1, 0.15) is 24.2 Å². The fourth-order valence-electron chi connectivity index (χ4n) is 2.88. The van der Waals surface area contributed by atoms with E-state index in [0.717, 1.165) is 23.4 Å². The summed E-state index contributed by atoms with van der Waals surface area (Å²) in [5.74, 6) is 0.869. The number of hydrogen-bond acceptors (Lipinski definition) is 4. The van der Waals surface area contributed by atoms with E-state index >= 15 is 0 Å². The first kappa shape index (κ1) is 17.3. The van der Waals surface area contributed by atoms with Crippen molar-refractivity contribution in [3.05, 3.63) is 59.7 Å². The van der Waals surface area contributed by atoms with Gasteiger partial charge in [0.2, 0.25) is 5.91 Å². The second-order valence-corrected chi connectivity index (χ2v) is 6.21. The number of hydrogen-bond donors (Lipinski definition) is 2. The highest BCUT2D eigenvalue weighted by molar-refractivity contribution is 5.80. The summed E-state index contributed by atoms with van der Waals surface area (Å²) >= 11 is 0. The summed E-state index contributed by atoms with van der Waals surface area (Å²) < 4.78 is 11.1. The topological polar surface area (TPSA) is 59.6 Å². The highest BCUT2D eigenvalue weighted by atomic mass is 16.5. The Morgan fingerprint density at radius 1 is 1.28 bits per heavy atom. The van der Waals surface area contributed by atoms with Crippen LogP contribution in [0.4, 0.5) is 5.69 Å². The number of anilines is 1. The number of amides is 1. The van der Waals surface area contributed by atoms with E-state index < -0.39 is 0 Å². The molecule has 3 rings (SSSR count). The molecule has 2 aromatic carbocycles. The number of ether oxygens (including phenoxy) is 2. The first-order chi connectivity index (χ1) is 12.2. The molecule has 132 valence electrons. The quantitative estimate of drug-likeness (QED) is 0.814. The molecule has 5 heteroatoms. The SMILES string of the molecule is CO[C@H](C)c1cccc(NCC(=O)NC[C@H]2Cc3ccccc3O2)c1. The molecule has 2 N–H and O–H groups in total. The van der Waals surface area contributed by atoms with Gasteiger partial charge < -0.3 is 20.1 Å². The van der Waals surface area contributed by atoms with Gasteiger partial charge >= 0.3 is 0 Å². The van der Waals surface area contributed by atoms with E-state index in [1.165, 1.54) is 5.56 Å². The van der Waals surface area contributed by atoms with Gasteiger partial charge in [0.05, 0.1) is 19.2 Å². The normalized spacial score (nSPS) is 16.6. The van der Waals surface area contributed by atoms with Gasteiger partial charge in [-0.25, -0.2) is 0 Å². The van der Waals surface area contributed by atoms with Crippen molar-refractivity contribution in [2.75, 3.05) is 25.5 Å². The lowest BCUT2D eigenvalue weighted by atomic mass is 10.1. The lowest BCUT2D eigenvalue weighted by Gasteiger charge is -2.14. The molecule has 1 aliphatic rings. The number of fused-ring (bicyclic) bond motifs is 1. The van der Waals surface area contributed by atoms with Crippen molar-refractivity contribution in [3.63, 3.8) is 0 Å². The number of benzene rings is 2. The molecule has 0 unspecified atom stereocenters. The summed E-state index contributed by atoms with van der Waals surface area (Å²) in [4.78, 5) is 12.1. The summed E-state index contributed by atoms with van der Waals surface area (Å²) in [5, 5.41) is 6.08. The van der Waals surface area contributed by atoms with Crippen LogP contribution in [0.5, 0.6) is 5.75 Å². The zero-order valence-corrected chi connectivity index (χ0v) is 14.6. The number of carbonyl (C=O) groups is 1. The second-order valence-electron chi connectivity index (χ2n) is 6.21. The van der Waals surface area contributed by atoms with Gasteiger partial charge in [0.15, 0.2) is 0 Å². The van der Waals surface area contributed by atoms with Gasteiger partial charge in [-0.1, -0.05) is 30.3 Å². The van der Waals surface area contributed by atoms with Crippen LogP contribution in [0.2, 0.25) is 0 Å². The van der Waals surface area contributed by atoms with Crippen molar-refractivity contribution in [1.29, 1.82) is 0 Å². The van der Waals surface area contributed by atoms with Gasteiger partial charge in [-0.05, 0) is 36.2 Å². The summed E-state index contributed by atoms with van der Waals surface area (Å²) in [6.07, 6.45) is 0.866. The molecule has 0 aromatic heterocycles. The summed E-state index contributed by atoms with van der Waals surface area (Å²) in [5.41, 5.74) is 3.18. The molecular formula is C20H24N2O3. The molecule has 0 radical (unpaired) electrons. The van der Waals surface area contributed by atoms with Crippen LogP contribution >= 0.6 is 0 Å². The molecule has 0 saturated heterocycles. The predicted octanol–water partition coefficient (Wildman–Crippen LogP) is 2.93. The Hall–Kier alpha value is -2.53. The average molecular weight is 340 g/mol. The molecule has 1 amide bonds. The minimum atomic E-state index is -0.0512. The number of rotatable bonds is 7. The van der Waals surface area contributed by atoms with E-state index in [4.69, 9.17) is 9.47 Å². The highest BCUT2D eigenvalue weighted by Gasteiger charge is 2.22. The monoisotopic (exact) mass is 340 g/mol. The van der Waals surface area contributed by atoms with Gasteiger partial charge in [0.25, 0.3) is 0 Å². The van der Waals surface area contributed by atoms with Crippen LogP contribution in [-0.4, -0.2) is 32.2 Å². The molecule has 5 nitrogen and oxygen atoms in total. The standard InChI is InChI=1S/C20H24N2O3/c1-14(24-2)15-7-5-8-17(10-15)21-13-20(23)22-12-18-11-16-6-3-4-9-19(16)25-18/h3-10,14,18,21H,11-13H2,1-2H3,(H,22,23)/t14-,18-/m1/s1. The molecular weight excluding hydrogens is 316 g/mol. The fourth-order valence-corrected chi connectivity index (χ4v) is 2.88. The van der Waals surface area contributed by atoms with Crippen LogP contribution in [-0.2, 0) is 16.0 Å². The summed E-state index contributed by atoms with van der Waals surface area (Å²) in [7, 11) is 1.68. The van der Waals surface area contributed by atoms with Crippen LogP contribution < -0.4 is 15.4 Å². The Kier molecular flexibility index (Phi) is 5.56. The Bertz CT molecular complexity index is 707. The zero-order valence-electron chi connectivity index (χ0n) is 14.6. The number of carbonyl (C=O) groups excluding carboxylic acids is 1. The molecule has 0 aliphatic carbocycles.